The summed E-state index contributed by atoms with van der Waals surface area (Å²) in [6, 6.07) is 10.7. The Morgan fingerprint density at radius 3 is 2.74 bits per heavy atom. The van der Waals surface area contributed by atoms with E-state index in [1.54, 1.807) is 38.5 Å². The number of amides is 1. The van der Waals surface area contributed by atoms with Gasteiger partial charge in [-0.3, -0.25) is 4.79 Å². The zero-order valence-corrected chi connectivity index (χ0v) is 12.9. The van der Waals surface area contributed by atoms with Crippen LogP contribution in [-0.2, 0) is 6.54 Å². The number of rotatable bonds is 5. The number of benzene rings is 2. The second-order valence-corrected chi connectivity index (χ2v) is 4.91. The molecule has 0 bridgehead atoms. The second-order valence-electron chi connectivity index (χ2n) is 4.91. The molecule has 0 saturated heterocycles. The summed E-state index contributed by atoms with van der Waals surface area (Å²) in [6.07, 6.45) is 0. The molecule has 1 N–H and O–H groups in total. The van der Waals surface area contributed by atoms with Crippen LogP contribution in [0.15, 0.2) is 36.4 Å². The van der Waals surface area contributed by atoms with E-state index in [0.29, 0.717) is 35.1 Å². The Morgan fingerprint density at radius 1 is 1.13 bits per heavy atom. The number of hydrogen-bond donors (Lipinski definition) is 1. The van der Waals surface area contributed by atoms with Crippen LogP contribution in [-0.4, -0.2) is 26.9 Å². The molecule has 1 heterocycles. The molecular weight excluding hydrogens is 298 g/mol. The van der Waals surface area contributed by atoms with E-state index in [1.165, 1.54) is 0 Å². The van der Waals surface area contributed by atoms with Gasteiger partial charge in [0.2, 0.25) is 6.79 Å². The van der Waals surface area contributed by atoms with E-state index in [1.807, 2.05) is 12.1 Å². The van der Waals surface area contributed by atoms with Crippen molar-refractivity contribution in [1.29, 1.82) is 0 Å². The van der Waals surface area contributed by atoms with Crippen LogP contribution in [0.25, 0.3) is 0 Å². The number of hydrogen-bond acceptors (Lipinski definition) is 5. The largest absolute Gasteiger partial charge is 0.493 e. The fourth-order valence-electron chi connectivity index (χ4n) is 2.38. The minimum absolute atomic E-state index is 0.134. The van der Waals surface area contributed by atoms with Gasteiger partial charge in [0.05, 0.1) is 19.8 Å². The number of fused-ring (bicyclic) bond motifs is 1. The number of ether oxygens (including phenoxy) is 4. The number of carbonyl (C=O) groups excluding carboxylic acids is 1. The molecule has 0 spiro atoms. The zero-order valence-electron chi connectivity index (χ0n) is 12.9. The van der Waals surface area contributed by atoms with Crippen molar-refractivity contribution in [3.05, 3.63) is 47.5 Å². The van der Waals surface area contributed by atoms with E-state index in [2.05, 4.69) is 5.32 Å². The molecule has 6 nitrogen and oxygen atoms in total. The quantitative estimate of drug-likeness (QED) is 0.917. The van der Waals surface area contributed by atoms with E-state index in [0.717, 1.165) is 5.56 Å². The van der Waals surface area contributed by atoms with Crippen LogP contribution in [0.5, 0.6) is 23.0 Å². The Hall–Kier alpha value is -2.89. The molecule has 1 aliphatic rings. The first-order chi connectivity index (χ1) is 11.2. The predicted octanol–water partition coefficient (Wildman–Crippen LogP) is 2.36. The summed E-state index contributed by atoms with van der Waals surface area (Å²) < 4.78 is 21.1. The lowest BCUT2D eigenvalue weighted by molar-refractivity contribution is 0.0946. The molecule has 120 valence electrons. The van der Waals surface area contributed by atoms with Gasteiger partial charge in [-0.25, -0.2) is 0 Å². The monoisotopic (exact) mass is 315 g/mol. The number of carbonyl (C=O) groups is 1. The first-order valence-electron chi connectivity index (χ1n) is 7.10. The van der Waals surface area contributed by atoms with Crippen LogP contribution < -0.4 is 24.3 Å². The summed E-state index contributed by atoms with van der Waals surface area (Å²) >= 11 is 0. The van der Waals surface area contributed by atoms with Crippen LogP contribution in [0.4, 0.5) is 0 Å². The van der Waals surface area contributed by atoms with Gasteiger partial charge in [0, 0.05) is 6.54 Å². The van der Waals surface area contributed by atoms with Crippen molar-refractivity contribution < 1.29 is 23.7 Å². The van der Waals surface area contributed by atoms with Crippen molar-refractivity contribution in [3.63, 3.8) is 0 Å². The van der Waals surface area contributed by atoms with Crippen LogP contribution in [0.3, 0.4) is 0 Å². The van der Waals surface area contributed by atoms with Crippen molar-refractivity contribution in [3.8, 4) is 23.0 Å². The molecule has 0 unspecified atom stereocenters. The normalized spacial score (nSPS) is 11.9. The molecule has 0 atom stereocenters. The predicted molar refractivity (Wildman–Crippen MR) is 83.3 cm³/mol. The molecule has 1 aliphatic heterocycles. The molecule has 0 saturated carbocycles. The van der Waals surface area contributed by atoms with Crippen LogP contribution in [0, 0.1) is 0 Å². The molecule has 0 aliphatic carbocycles. The van der Waals surface area contributed by atoms with E-state index in [9.17, 15) is 4.79 Å². The van der Waals surface area contributed by atoms with Crippen LogP contribution in [0.1, 0.15) is 15.9 Å². The van der Waals surface area contributed by atoms with Gasteiger partial charge in [0.15, 0.2) is 23.0 Å². The second kappa shape index (κ2) is 6.48. The topological polar surface area (TPSA) is 66.0 Å². The summed E-state index contributed by atoms with van der Waals surface area (Å²) in [7, 11) is 3.15. The van der Waals surface area contributed by atoms with Crippen molar-refractivity contribution in [1.82, 2.24) is 5.32 Å². The SMILES string of the molecule is COc1ccc(CNC(=O)c2cccc3c2OCO3)cc1OC. The fraction of sp³-hybridized carbons (Fsp3) is 0.235. The van der Waals surface area contributed by atoms with Gasteiger partial charge in [-0.15, -0.1) is 0 Å². The maximum absolute atomic E-state index is 12.4. The van der Waals surface area contributed by atoms with Crippen LogP contribution in [0.2, 0.25) is 0 Å². The molecule has 0 fully saturated rings. The van der Waals surface area contributed by atoms with E-state index in [-0.39, 0.29) is 12.7 Å². The van der Waals surface area contributed by atoms with Crippen LogP contribution >= 0.6 is 0 Å². The Labute approximate surface area is 133 Å². The highest BCUT2D eigenvalue weighted by atomic mass is 16.7. The molecule has 0 radical (unpaired) electrons. The number of para-hydroxylation sites is 1. The molecule has 6 heteroatoms. The Morgan fingerprint density at radius 2 is 1.96 bits per heavy atom. The van der Waals surface area contributed by atoms with Gasteiger partial charge < -0.3 is 24.3 Å². The van der Waals surface area contributed by atoms with Crippen molar-refractivity contribution >= 4 is 5.91 Å². The van der Waals surface area contributed by atoms with Crippen molar-refractivity contribution in [2.75, 3.05) is 21.0 Å². The molecule has 2 aromatic carbocycles. The van der Waals surface area contributed by atoms with E-state index in [4.69, 9.17) is 18.9 Å². The maximum atomic E-state index is 12.4. The van der Waals surface area contributed by atoms with Crippen molar-refractivity contribution in [2.24, 2.45) is 0 Å². The molecular formula is C17H17NO5. The van der Waals surface area contributed by atoms with Crippen molar-refractivity contribution in [2.45, 2.75) is 6.54 Å². The average Bonchev–Trinajstić information content (AvgIpc) is 3.07. The summed E-state index contributed by atoms with van der Waals surface area (Å²) in [4.78, 5) is 12.4. The first-order valence-corrected chi connectivity index (χ1v) is 7.10. The number of nitrogens with one attached hydrogen (secondary N) is 1. The molecule has 23 heavy (non-hydrogen) atoms. The third kappa shape index (κ3) is 3.01. The first kappa shape index (κ1) is 15.0. The number of methoxy groups -OCH3 is 2. The highest BCUT2D eigenvalue weighted by Crippen LogP contribution is 2.35. The molecule has 0 aromatic heterocycles. The van der Waals surface area contributed by atoms with Gasteiger partial charge in [-0.1, -0.05) is 12.1 Å². The van der Waals surface area contributed by atoms with E-state index >= 15 is 0 Å². The molecule has 1 amide bonds. The minimum Gasteiger partial charge on any atom is -0.493 e. The smallest absolute Gasteiger partial charge is 0.255 e. The summed E-state index contributed by atoms with van der Waals surface area (Å²) in [5, 5.41) is 2.86. The third-order valence-electron chi connectivity index (χ3n) is 3.54. The summed E-state index contributed by atoms with van der Waals surface area (Å²) in [6.45, 7) is 0.499. The lowest BCUT2D eigenvalue weighted by atomic mass is 10.1. The molecule has 2 aromatic rings. The average molecular weight is 315 g/mol. The van der Waals surface area contributed by atoms with Gasteiger partial charge in [0.25, 0.3) is 5.91 Å². The Bertz CT molecular complexity index is 729. The highest BCUT2D eigenvalue weighted by molar-refractivity contribution is 5.97. The standard InChI is InChI=1S/C17H17NO5/c1-20-13-7-6-11(8-15(13)21-2)9-18-17(19)12-4-3-5-14-16(12)23-10-22-14/h3-8H,9-10H2,1-2H3,(H,18,19). The Kier molecular flexibility index (Phi) is 4.23. The fourth-order valence-corrected chi connectivity index (χ4v) is 2.38. The maximum Gasteiger partial charge on any atom is 0.255 e. The van der Waals surface area contributed by atoms with Gasteiger partial charge in [-0.05, 0) is 29.8 Å². The molecule has 3 rings (SSSR count). The van der Waals surface area contributed by atoms with Gasteiger partial charge in [-0.2, -0.15) is 0 Å². The Balaban J connectivity index is 1.71. The zero-order chi connectivity index (χ0) is 16.2. The minimum atomic E-state index is -0.220. The van der Waals surface area contributed by atoms with E-state index < -0.39 is 0 Å². The lowest BCUT2D eigenvalue weighted by Crippen LogP contribution is -2.23. The van der Waals surface area contributed by atoms with Gasteiger partial charge in [0.1, 0.15) is 0 Å². The third-order valence-corrected chi connectivity index (χ3v) is 3.54. The summed E-state index contributed by atoms with van der Waals surface area (Å²) in [5.41, 5.74) is 1.36. The van der Waals surface area contributed by atoms with Gasteiger partial charge >= 0.3 is 0 Å². The summed E-state index contributed by atoms with van der Waals surface area (Å²) in [5.74, 6) is 2.12. The lowest BCUT2D eigenvalue weighted by Gasteiger charge is -2.11. The highest BCUT2D eigenvalue weighted by Gasteiger charge is 2.21.